The van der Waals surface area contributed by atoms with Gasteiger partial charge in [-0.25, -0.2) is 23.1 Å². The van der Waals surface area contributed by atoms with Crippen LogP contribution in [0.3, 0.4) is 0 Å². The Morgan fingerprint density at radius 1 is 0.333 bits per heavy atom. The minimum Gasteiger partial charge on any atom is -1.00 e. The van der Waals surface area contributed by atoms with Crippen LogP contribution in [0.2, 0.25) is 0 Å². The normalized spacial score (nSPS) is 9.69. The monoisotopic (exact) mass is 1290 g/mol. The minimum atomic E-state index is -0.827. The van der Waals surface area contributed by atoms with E-state index >= 15 is 0 Å². The summed E-state index contributed by atoms with van der Waals surface area (Å²) in [4.78, 5) is 26.4. The van der Waals surface area contributed by atoms with Crippen molar-refractivity contribution >= 4 is 67.8 Å². The van der Waals surface area contributed by atoms with Gasteiger partial charge in [0.05, 0.1) is 56.3 Å². The number of benzene rings is 1. The minimum absolute atomic E-state index is 0. The van der Waals surface area contributed by atoms with Gasteiger partial charge in [0.1, 0.15) is 0 Å². The largest absolute Gasteiger partial charge is 2.00 e. The van der Waals surface area contributed by atoms with Crippen LogP contribution in [0, 0.1) is 28.2 Å². The molecule has 0 spiro atoms. The van der Waals surface area contributed by atoms with Gasteiger partial charge in [0.15, 0.2) is 17.5 Å². The number of hydrogen-bond donors (Lipinski definition) is 0. The summed E-state index contributed by atoms with van der Waals surface area (Å²) in [6.45, 7) is 0. The number of aromatic nitrogens is 6. The van der Waals surface area contributed by atoms with Crippen molar-refractivity contribution in [2.45, 2.75) is 0 Å². The Bertz CT molecular complexity index is 1780. The Hall–Kier alpha value is -1.93. The molecule has 7 aromatic rings. The van der Waals surface area contributed by atoms with E-state index in [4.69, 9.17) is 0 Å². The van der Waals surface area contributed by atoms with Gasteiger partial charge in [0, 0.05) is 24.8 Å². The summed E-state index contributed by atoms with van der Waals surface area (Å²) in [7, 11) is 0. The number of pyridine rings is 6. The molecule has 0 N–H and O–H groups in total. The summed E-state index contributed by atoms with van der Waals surface area (Å²) in [5.74, 6) is -2.48. The van der Waals surface area contributed by atoms with Crippen molar-refractivity contribution in [3.05, 3.63) is 162 Å². The molecule has 51 heavy (non-hydrogen) atoms. The van der Waals surface area contributed by atoms with Crippen molar-refractivity contribution in [3.63, 3.8) is 0 Å². The summed E-state index contributed by atoms with van der Waals surface area (Å²) >= 11 is 4.53. The molecule has 0 amide bonds. The van der Waals surface area contributed by atoms with Crippen molar-refractivity contribution in [1.29, 1.82) is 0 Å². The second-order valence-electron chi connectivity index (χ2n) is 9.56. The molecule has 0 atom stereocenters. The van der Waals surface area contributed by atoms with Crippen LogP contribution in [0.1, 0.15) is 0 Å². The molecular weight excluding hydrogens is 1270 g/mol. The predicted molar refractivity (Wildman–Crippen MR) is 206 cm³/mol. The molecule has 0 aliphatic rings. The zero-order valence-corrected chi connectivity index (χ0v) is 37.6. The molecule has 1 aromatic carbocycles. The van der Waals surface area contributed by atoms with Gasteiger partial charge < -0.3 is 48.0 Å². The van der Waals surface area contributed by atoms with Crippen LogP contribution in [0.25, 0.3) is 45.6 Å². The summed E-state index contributed by atoms with van der Waals surface area (Å²) in [5.41, 5.74) is 6.92. The first-order valence-corrected chi connectivity index (χ1v) is 17.3. The third-order valence-electron chi connectivity index (χ3n) is 6.36. The molecule has 15 heteroatoms. The molecule has 0 saturated carbocycles. The number of hydrogen-bond acceptors (Lipinski definition) is 6. The van der Waals surface area contributed by atoms with Crippen molar-refractivity contribution in [2.24, 2.45) is 0 Å². The molecule has 261 valence electrons. The first-order valence-electron chi connectivity index (χ1n) is 14.1. The Balaban J connectivity index is 0.000000263. The third kappa shape index (κ3) is 12.6. The number of nitrogens with zero attached hydrogens (tertiary/aromatic N) is 6. The summed E-state index contributed by atoms with van der Waals surface area (Å²) < 4.78 is 38.3. The fourth-order valence-electron chi connectivity index (χ4n) is 4.08. The zero-order chi connectivity index (χ0) is 33.9. The van der Waals surface area contributed by atoms with Crippen LogP contribution in [-0.2, 0) is 16.8 Å². The second-order valence-corrected chi connectivity index (χ2v) is 12.8. The molecule has 0 unspecified atom stereocenters. The third-order valence-corrected chi connectivity index (χ3v) is 9.21. The molecule has 7 rings (SSSR count). The molecule has 1 radical (unpaired) electrons. The maximum absolute atomic E-state index is 12.9. The maximum atomic E-state index is 12.9. The van der Waals surface area contributed by atoms with Crippen LogP contribution in [0.5, 0.6) is 0 Å². The standard InChI is InChI=1S/2C15H11N3.C6F3I3.Co.2HI/c2*1-3-10-16-12(6-1)14-8-5-9-15(18-14)13-7-2-4-11-17-13;7-1-4(10)2(8)6(12)3(9)5(1)11;;;/h2*1-11H;;;2*1H/q;;;+2;;/p-2. The van der Waals surface area contributed by atoms with Gasteiger partial charge in [-0.1, -0.05) is 36.4 Å². The molecule has 6 nitrogen and oxygen atoms in total. The molecule has 6 aromatic heterocycles. The van der Waals surface area contributed by atoms with E-state index in [2.05, 4.69) is 29.9 Å². The predicted octanol–water partition coefficient (Wildman–Crippen LogP) is 4.33. The van der Waals surface area contributed by atoms with Crippen LogP contribution in [-0.4, -0.2) is 29.9 Å². The Labute approximate surface area is 378 Å². The van der Waals surface area contributed by atoms with Crippen LogP contribution in [0.15, 0.2) is 134 Å². The molecule has 0 saturated heterocycles. The van der Waals surface area contributed by atoms with E-state index in [1.165, 1.54) is 67.8 Å². The fourth-order valence-corrected chi connectivity index (χ4v) is 7.24. The van der Waals surface area contributed by atoms with Gasteiger partial charge in [0.25, 0.3) is 0 Å². The van der Waals surface area contributed by atoms with Gasteiger partial charge in [-0.3, -0.25) is 19.9 Å². The maximum Gasteiger partial charge on any atom is 2.00 e. The molecule has 0 fully saturated rings. The van der Waals surface area contributed by atoms with E-state index in [0.29, 0.717) is 0 Å². The van der Waals surface area contributed by atoms with Crippen LogP contribution in [0.4, 0.5) is 13.2 Å². The summed E-state index contributed by atoms with van der Waals surface area (Å²) in [6, 6.07) is 35.0. The second kappa shape index (κ2) is 23.0. The van der Waals surface area contributed by atoms with Gasteiger partial charge in [0.2, 0.25) is 0 Å². The van der Waals surface area contributed by atoms with Crippen molar-refractivity contribution in [1.82, 2.24) is 29.9 Å². The van der Waals surface area contributed by atoms with Gasteiger partial charge in [-0.2, -0.15) is 0 Å². The summed E-state index contributed by atoms with van der Waals surface area (Å²) in [5, 5.41) is 0. The molecule has 0 aliphatic carbocycles. The Morgan fingerprint density at radius 3 is 0.745 bits per heavy atom. The van der Waals surface area contributed by atoms with E-state index in [1.807, 2.05) is 109 Å². The van der Waals surface area contributed by atoms with E-state index in [0.717, 1.165) is 45.6 Å². The van der Waals surface area contributed by atoms with Crippen molar-refractivity contribution < 1.29 is 77.9 Å². The number of halogens is 8. The van der Waals surface area contributed by atoms with Crippen molar-refractivity contribution in [2.75, 3.05) is 0 Å². The molecular formula is C36H22CoF3I5N6. The smallest absolute Gasteiger partial charge is 1.00 e. The Kier molecular flexibility index (Phi) is 20.4. The van der Waals surface area contributed by atoms with Gasteiger partial charge in [-0.15, -0.1) is 0 Å². The summed E-state index contributed by atoms with van der Waals surface area (Å²) in [6.07, 6.45) is 7.07. The molecule has 0 bridgehead atoms. The van der Waals surface area contributed by atoms with Gasteiger partial charge >= 0.3 is 16.8 Å². The van der Waals surface area contributed by atoms with Crippen LogP contribution < -0.4 is 48.0 Å². The number of rotatable bonds is 4. The van der Waals surface area contributed by atoms with E-state index in [-0.39, 0.29) is 75.4 Å². The van der Waals surface area contributed by atoms with E-state index in [1.54, 1.807) is 24.8 Å². The first-order chi connectivity index (χ1) is 23.3. The SMILES string of the molecule is Fc1c(I)c(F)c(I)c(F)c1I.[Co+2].[I-].[I-].c1ccc(-c2cccc(-c3ccccn3)n2)nc1.c1ccc(-c2cccc(-c3ccccn3)n2)nc1. The molecule has 0 aliphatic heterocycles. The average molecular weight is 1290 g/mol. The topological polar surface area (TPSA) is 77.3 Å². The fraction of sp³-hybridized carbons (Fsp3) is 0. The average Bonchev–Trinajstić information content (AvgIpc) is 3.17. The molecule has 6 heterocycles. The van der Waals surface area contributed by atoms with Gasteiger partial charge in [-0.05, 0) is 141 Å². The Morgan fingerprint density at radius 2 is 0.549 bits per heavy atom. The van der Waals surface area contributed by atoms with E-state index in [9.17, 15) is 13.2 Å². The van der Waals surface area contributed by atoms with E-state index < -0.39 is 17.5 Å². The quantitative estimate of drug-likeness (QED) is 0.149. The van der Waals surface area contributed by atoms with Crippen molar-refractivity contribution in [3.8, 4) is 45.6 Å². The first kappa shape index (κ1) is 45.2. The van der Waals surface area contributed by atoms with Crippen LogP contribution >= 0.6 is 67.8 Å². The zero-order valence-electron chi connectivity index (χ0n) is 25.7.